The smallest absolute Gasteiger partial charge is 0.0775 e. The van der Waals surface area contributed by atoms with E-state index in [1.807, 2.05) is 12.2 Å². The summed E-state index contributed by atoms with van der Waals surface area (Å²) in [7, 11) is -1.29. The van der Waals surface area contributed by atoms with Crippen molar-refractivity contribution in [2.45, 2.75) is 26.6 Å². The molecule has 0 unspecified atom stereocenters. The highest BCUT2D eigenvalue weighted by Gasteiger charge is 2.15. The molecule has 6 rings (SSSR count). The zero-order valence-electron chi connectivity index (χ0n) is 25.6. The molecule has 0 N–H and O–H groups in total. The van der Waals surface area contributed by atoms with Gasteiger partial charge in [-0.1, -0.05) is 165 Å². The summed E-state index contributed by atoms with van der Waals surface area (Å²) in [6.07, 6.45) is 5.89. The number of hydrogen-bond acceptors (Lipinski definition) is 0. The van der Waals surface area contributed by atoms with Crippen molar-refractivity contribution in [2.75, 3.05) is 0 Å². The molecule has 0 nitrogen and oxygen atoms in total. The third kappa shape index (κ3) is 6.23. The summed E-state index contributed by atoms with van der Waals surface area (Å²) in [6, 6.07) is 47.2. The number of hydrogen-bond donors (Lipinski definition) is 0. The van der Waals surface area contributed by atoms with Gasteiger partial charge in [-0.2, -0.15) is 0 Å². The van der Waals surface area contributed by atoms with E-state index in [1.54, 1.807) is 0 Å². The molecule has 0 aliphatic heterocycles. The largest absolute Gasteiger partial charge is 0.0991 e. The summed E-state index contributed by atoms with van der Waals surface area (Å²) < 4.78 is 0. The quantitative estimate of drug-likeness (QED) is 0.132. The summed E-state index contributed by atoms with van der Waals surface area (Å²) >= 11 is 0. The highest BCUT2D eigenvalue weighted by molar-refractivity contribution is 6.88. The standard InChI is InChI=1S/C42H38Si/c1-6-7-8-31-9-20-38(27-30(31)2)34-14-16-36(17-15-34)40-22-19-37-18-21-39(28-41(37)29-40)35-12-10-32(11-13-35)33-23-25-42(26-24-33)43(3,4)5/h6-29H,1H2,2-5H3/b8-7-. The van der Waals surface area contributed by atoms with Crippen molar-refractivity contribution >= 4 is 30.1 Å². The summed E-state index contributed by atoms with van der Waals surface area (Å²) in [5.74, 6) is 0. The molecule has 0 aliphatic rings. The molecule has 0 aromatic heterocycles. The number of benzene rings is 6. The van der Waals surface area contributed by atoms with E-state index in [1.165, 1.54) is 71.6 Å². The van der Waals surface area contributed by atoms with Crippen LogP contribution in [0.25, 0.3) is 61.4 Å². The Bertz CT molecular complexity index is 1930. The SMILES string of the molecule is C=C/C=C\c1ccc(-c2ccc(-c3ccc4ccc(-c5ccc(-c6ccc([Si](C)(C)C)cc6)cc5)cc4c3)cc2)cc1C. The summed E-state index contributed by atoms with van der Waals surface area (Å²) in [4.78, 5) is 0. The molecule has 0 heterocycles. The van der Waals surface area contributed by atoms with Gasteiger partial charge >= 0.3 is 0 Å². The van der Waals surface area contributed by atoms with Crippen LogP contribution >= 0.6 is 0 Å². The van der Waals surface area contributed by atoms with Crippen molar-refractivity contribution in [3.8, 4) is 44.5 Å². The van der Waals surface area contributed by atoms with E-state index >= 15 is 0 Å². The maximum atomic E-state index is 3.77. The van der Waals surface area contributed by atoms with Crippen LogP contribution < -0.4 is 5.19 Å². The van der Waals surface area contributed by atoms with Crippen LogP contribution in [0.5, 0.6) is 0 Å². The predicted octanol–water partition coefficient (Wildman–Crippen LogP) is 11.6. The van der Waals surface area contributed by atoms with E-state index in [0.717, 1.165) is 0 Å². The van der Waals surface area contributed by atoms with Crippen molar-refractivity contribution in [2.24, 2.45) is 0 Å². The van der Waals surface area contributed by atoms with E-state index < -0.39 is 8.07 Å². The van der Waals surface area contributed by atoms with Crippen LogP contribution in [0.4, 0.5) is 0 Å². The first-order valence-electron chi connectivity index (χ1n) is 15.0. The molecule has 210 valence electrons. The number of rotatable bonds is 7. The Morgan fingerprint density at radius 2 is 0.860 bits per heavy atom. The monoisotopic (exact) mass is 570 g/mol. The molecule has 0 amide bonds. The Labute approximate surface area is 257 Å². The maximum Gasteiger partial charge on any atom is 0.0775 e. The molecule has 0 fully saturated rings. The first-order chi connectivity index (χ1) is 20.8. The second kappa shape index (κ2) is 11.9. The van der Waals surface area contributed by atoms with Gasteiger partial charge in [-0.25, -0.2) is 0 Å². The van der Waals surface area contributed by atoms with Crippen molar-refractivity contribution in [1.29, 1.82) is 0 Å². The van der Waals surface area contributed by atoms with Crippen LogP contribution in [0.1, 0.15) is 11.1 Å². The molecule has 0 aliphatic carbocycles. The molecule has 0 radical (unpaired) electrons. The fourth-order valence-corrected chi connectivity index (χ4v) is 6.86. The van der Waals surface area contributed by atoms with Crippen molar-refractivity contribution in [3.05, 3.63) is 157 Å². The Morgan fingerprint density at radius 1 is 0.465 bits per heavy atom. The van der Waals surface area contributed by atoms with Crippen LogP contribution in [0.15, 0.2) is 146 Å². The summed E-state index contributed by atoms with van der Waals surface area (Å²) in [5.41, 5.74) is 12.4. The molecular weight excluding hydrogens is 533 g/mol. The molecule has 1 heteroatoms. The topological polar surface area (TPSA) is 0 Å². The average Bonchev–Trinajstić information content (AvgIpc) is 3.03. The fourth-order valence-electron chi connectivity index (χ4n) is 5.69. The molecular formula is C42H38Si. The van der Waals surface area contributed by atoms with Crippen LogP contribution in [0.3, 0.4) is 0 Å². The third-order valence-electron chi connectivity index (χ3n) is 8.38. The number of allylic oxidation sites excluding steroid dienone is 2. The van der Waals surface area contributed by atoms with Crippen LogP contribution in [-0.4, -0.2) is 8.07 Å². The predicted molar refractivity (Wildman–Crippen MR) is 193 cm³/mol. The van der Waals surface area contributed by atoms with Gasteiger partial charge in [0, 0.05) is 0 Å². The first kappa shape index (κ1) is 28.4. The van der Waals surface area contributed by atoms with Gasteiger partial charge in [0.25, 0.3) is 0 Å². The second-order valence-electron chi connectivity index (χ2n) is 12.4. The molecule has 6 aromatic carbocycles. The zero-order valence-corrected chi connectivity index (χ0v) is 26.6. The lowest BCUT2D eigenvalue weighted by atomic mass is 9.95. The first-order valence-corrected chi connectivity index (χ1v) is 18.5. The van der Waals surface area contributed by atoms with E-state index in [0.29, 0.717) is 0 Å². The van der Waals surface area contributed by atoms with Gasteiger partial charge in [0.05, 0.1) is 8.07 Å². The molecule has 0 saturated heterocycles. The lowest BCUT2D eigenvalue weighted by Gasteiger charge is -2.16. The van der Waals surface area contributed by atoms with Crippen molar-refractivity contribution < 1.29 is 0 Å². The van der Waals surface area contributed by atoms with E-state index in [-0.39, 0.29) is 0 Å². The minimum absolute atomic E-state index is 1.22. The van der Waals surface area contributed by atoms with Crippen molar-refractivity contribution in [1.82, 2.24) is 0 Å². The van der Waals surface area contributed by atoms with Gasteiger partial charge in [0.2, 0.25) is 0 Å². The minimum atomic E-state index is -1.29. The van der Waals surface area contributed by atoms with E-state index in [9.17, 15) is 0 Å². The van der Waals surface area contributed by atoms with Crippen molar-refractivity contribution in [3.63, 3.8) is 0 Å². The molecule has 6 aromatic rings. The molecule has 0 saturated carbocycles. The van der Waals surface area contributed by atoms with Crippen LogP contribution in [0, 0.1) is 6.92 Å². The summed E-state index contributed by atoms with van der Waals surface area (Å²) in [5, 5.41) is 4.00. The molecule has 0 spiro atoms. The Hall–Kier alpha value is -4.72. The number of fused-ring (bicyclic) bond motifs is 1. The van der Waals surface area contributed by atoms with Gasteiger partial charge in [-0.05, 0) is 85.5 Å². The highest BCUT2D eigenvalue weighted by Crippen LogP contribution is 2.31. The van der Waals surface area contributed by atoms with E-state index in [2.05, 4.69) is 167 Å². The van der Waals surface area contributed by atoms with E-state index in [4.69, 9.17) is 0 Å². The fraction of sp³-hybridized carbons (Fsp3) is 0.0952. The lowest BCUT2D eigenvalue weighted by molar-refractivity contribution is 1.44. The zero-order chi connectivity index (χ0) is 30.0. The molecule has 0 atom stereocenters. The minimum Gasteiger partial charge on any atom is -0.0991 e. The van der Waals surface area contributed by atoms with Crippen LogP contribution in [0.2, 0.25) is 19.6 Å². The third-order valence-corrected chi connectivity index (χ3v) is 10.4. The summed E-state index contributed by atoms with van der Waals surface area (Å²) in [6.45, 7) is 13.1. The normalized spacial score (nSPS) is 11.7. The van der Waals surface area contributed by atoms with Gasteiger partial charge in [0.15, 0.2) is 0 Å². The highest BCUT2D eigenvalue weighted by atomic mass is 28.3. The Morgan fingerprint density at radius 3 is 1.30 bits per heavy atom. The average molecular weight is 571 g/mol. The van der Waals surface area contributed by atoms with Gasteiger partial charge in [-0.3, -0.25) is 0 Å². The number of aryl methyl sites for hydroxylation is 1. The Kier molecular flexibility index (Phi) is 7.84. The van der Waals surface area contributed by atoms with Crippen LogP contribution in [-0.2, 0) is 0 Å². The molecule has 43 heavy (non-hydrogen) atoms. The lowest BCUT2D eigenvalue weighted by Crippen LogP contribution is -2.37. The maximum absolute atomic E-state index is 3.77. The Balaban J connectivity index is 1.23. The molecule has 0 bridgehead atoms. The van der Waals surface area contributed by atoms with Gasteiger partial charge in [0.1, 0.15) is 0 Å². The van der Waals surface area contributed by atoms with Gasteiger partial charge in [-0.15, -0.1) is 0 Å². The van der Waals surface area contributed by atoms with Gasteiger partial charge < -0.3 is 0 Å². The second-order valence-corrected chi connectivity index (χ2v) is 17.5.